The molecule has 0 aliphatic carbocycles. The monoisotopic (exact) mass is 249 g/mol. The van der Waals surface area contributed by atoms with Crippen LogP contribution in [0.1, 0.15) is 16.1 Å². The van der Waals surface area contributed by atoms with Gasteiger partial charge in [0.05, 0.1) is 6.61 Å². The van der Waals surface area contributed by atoms with Crippen LogP contribution in [0.3, 0.4) is 0 Å². The van der Waals surface area contributed by atoms with Gasteiger partial charge in [-0.2, -0.15) is 0 Å². The van der Waals surface area contributed by atoms with E-state index in [1.807, 2.05) is 24.3 Å². The third-order valence-corrected chi connectivity index (χ3v) is 3.13. The van der Waals surface area contributed by atoms with Gasteiger partial charge in [-0.05, 0) is 5.56 Å². The van der Waals surface area contributed by atoms with E-state index in [9.17, 15) is 4.79 Å². The van der Waals surface area contributed by atoms with Crippen LogP contribution in [0.2, 0.25) is 0 Å². The van der Waals surface area contributed by atoms with Crippen molar-refractivity contribution in [2.24, 2.45) is 0 Å². The van der Waals surface area contributed by atoms with Crippen molar-refractivity contribution in [2.45, 2.75) is 6.61 Å². The minimum absolute atomic E-state index is 0.0889. The van der Waals surface area contributed by atoms with Crippen LogP contribution in [0, 0.1) is 0 Å². The van der Waals surface area contributed by atoms with Gasteiger partial charge in [0.2, 0.25) is 0 Å². The van der Waals surface area contributed by atoms with Crippen LogP contribution in [0.4, 0.5) is 0 Å². The topological polar surface area (TPSA) is 59.4 Å². The first-order valence-corrected chi connectivity index (χ1v) is 5.85. The third-order valence-electron chi connectivity index (χ3n) is 2.24. The SMILES string of the molecule is COCc1ccc(-c2nc(C(=O)O)cs2)cc1. The maximum absolute atomic E-state index is 10.7. The van der Waals surface area contributed by atoms with Gasteiger partial charge in [0.25, 0.3) is 0 Å². The summed E-state index contributed by atoms with van der Waals surface area (Å²) in [6, 6.07) is 7.72. The molecule has 17 heavy (non-hydrogen) atoms. The van der Waals surface area contributed by atoms with E-state index in [-0.39, 0.29) is 5.69 Å². The van der Waals surface area contributed by atoms with Gasteiger partial charge in [0.15, 0.2) is 5.69 Å². The van der Waals surface area contributed by atoms with Crippen LogP contribution in [0.5, 0.6) is 0 Å². The smallest absolute Gasteiger partial charge is 0.355 e. The molecule has 1 N–H and O–H groups in total. The van der Waals surface area contributed by atoms with Crippen molar-refractivity contribution < 1.29 is 14.6 Å². The van der Waals surface area contributed by atoms with Gasteiger partial charge in [-0.25, -0.2) is 9.78 Å². The zero-order chi connectivity index (χ0) is 12.3. The number of benzene rings is 1. The van der Waals surface area contributed by atoms with E-state index >= 15 is 0 Å². The standard InChI is InChI=1S/C12H11NO3S/c1-16-6-8-2-4-9(5-3-8)11-13-10(7-17-11)12(14)15/h2-5,7H,6H2,1H3,(H,14,15). The second-order valence-corrected chi connectivity index (χ2v) is 4.33. The first-order chi connectivity index (χ1) is 8.20. The number of carboxylic acid groups (broad SMARTS) is 1. The summed E-state index contributed by atoms with van der Waals surface area (Å²) < 4.78 is 5.02. The summed E-state index contributed by atoms with van der Waals surface area (Å²) in [4.78, 5) is 14.8. The molecule has 0 spiro atoms. The number of carboxylic acids is 1. The molecule has 0 atom stereocenters. The predicted molar refractivity (Wildman–Crippen MR) is 65.2 cm³/mol. The fraction of sp³-hybridized carbons (Fsp3) is 0.167. The Morgan fingerprint density at radius 2 is 2.12 bits per heavy atom. The molecule has 5 heteroatoms. The Morgan fingerprint density at radius 3 is 2.65 bits per heavy atom. The van der Waals surface area contributed by atoms with Gasteiger partial charge in [0, 0.05) is 18.1 Å². The number of thiazole rings is 1. The lowest BCUT2D eigenvalue weighted by Crippen LogP contribution is -1.95. The van der Waals surface area contributed by atoms with E-state index in [0.29, 0.717) is 11.6 Å². The van der Waals surface area contributed by atoms with Crippen LogP contribution >= 0.6 is 11.3 Å². The third kappa shape index (κ3) is 2.69. The lowest BCUT2D eigenvalue weighted by atomic mass is 10.1. The molecule has 0 aliphatic heterocycles. The van der Waals surface area contributed by atoms with Gasteiger partial charge in [-0.15, -0.1) is 11.3 Å². The molecular weight excluding hydrogens is 238 g/mol. The number of methoxy groups -OCH3 is 1. The molecule has 0 saturated heterocycles. The van der Waals surface area contributed by atoms with E-state index < -0.39 is 5.97 Å². The maximum Gasteiger partial charge on any atom is 0.355 e. The molecule has 2 rings (SSSR count). The quantitative estimate of drug-likeness (QED) is 0.905. The van der Waals surface area contributed by atoms with Crippen molar-refractivity contribution in [1.29, 1.82) is 0 Å². The average Bonchev–Trinajstić information content (AvgIpc) is 2.80. The van der Waals surface area contributed by atoms with Crippen molar-refractivity contribution in [2.75, 3.05) is 7.11 Å². The summed E-state index contributed by atoms with van der Waals surface area (Å²) >= 11 is 1.33. The number of hydrogen-bond donors (Lipinski definition) is 1. The Morgan fingerprint density at radius 1 is 1.41 bits per heavy atom. The van der Waals surface area contributed by atoms with Gasteiger partial charge in [-0.1, -0.05) is 24.3 Å². The number of aromatic carboxylic acids is 1. The van der Waals surface area contributed by atoms with Crippen LogP contribution in [0.25, 0.3) is 10.6 Å². The zero-order valence-electron chi connectivity index (χ0n) is 9.21. The van der Waals surface area contributed by atoms with E-state index in [2.05, 4.69) is 4.98 Å². The molecule has 1 aromatic heterocycles. The van der Waals surface area contributed by atoms with E-state index in [0.717, 1.165) is 11.1 Å². The molecule has 4 nitrogen and oxygen atoms in total. The highest BCUT2D eigenvalue weighted by atomic mass is 32.1. The zero-order valence-corrected chi connectivity index (χ0v) is 10.0. The lowest BCUT2D eigenvalue weighted by Gasteiger charge is -2.00. The number of rotatable bonds is 4. The van der Waals surface area contributed by atoms with Crippen molar-refractivity contribution in [3.8, 4) is 10.6 Å². The average molecular weight is 249 g/mol. The molecule has 0 unspecified atom stereocenters. The number of nitrogens with zero attached hydrogens (tertiary/aromatic N) is 1. The Kier molecular flexibility index (Phi) is 3.51. The van der Waals surface area contributed by atoms with Crippen LogP contribution in [0.15, 0.2) is 29.6 Å². The Hall–Kier alpha value is -1.72. The molecule has 1 aromatic carbocycles. The molecule has 0 amide bonds. The van der Waals surface area contributed by atoms with Gasteiger partial charge in [-0.3, -0.25) is 0 Å². The molecular formula is C12H11NO3S. The van der Waals surface area contributed by atoms with Gasteiger partial charge >= 0.3 is 5.97 Å². The predicted octanol–water partition coefficient (Wildman–Crippen LogP) is 2.65. The number of carbonyl (C=O) groups is 1. The van der Waals surface area contributed by atoms with Crippen molar-refractivity contribution in [1.82, 2.24) is 4.98 Å². The van der Waals surface area contributed by atoms with Crippen molar-refractivity contribution in [3.05, 3.63) is 40.9 Å². The first-order valence-electron chi connectivity index (χ1n) is 4.98. The van der Waals surface area contributed by atoms with Crippen molar-refractivity contribution >= 4 is 17.3 Å². The molecule has 0 aliphatic rings. The van der Waals surface area contributed by atoms with E-state index in [1.54, 1.807) is 12.5 Å². The summed E-state index contributed by atoms with van der Waals surface area (Å²) in [5.41, 5.74) is 2.08. The molecule has 88 valence electrons. The summed E-state index contributed by atoms with van der Waals surface area (Å²) in [6.07, 6.45) is 0. The van der Waals surface area contributed by atoms with E-state index in [4.69, 9.17) is 9.84 Å². The Balaban J connectivity index is 2.23. The van der Waals surface area contributed by atoms with Crippen molar-refractivity contribution in [3.63, 3.8) is 0 Å². The largest absolute Gasteiger partial charge is 0.476 e. The summed E-state index contributed by atoms with van der Waals surface area (Å²) in [5.74, 6) is -0.997. The van der Waals surface area contributed by atoms with E-state index in [1.165, 1.54) is 11.3 Å². The minimum Gasteiger partial charge on any atom is -0.476 e. The van der Waals surface area contributed by atoms with Crippen LogP contribution < -0.4 is 0 Å². The normalized spacial score (nSPS) is 10.4. The van der Waals surface area contributed by atoms with Crippen LogP contribution in [-0.2, 0) is 11.3 Å². The fourth-order valence-corrected chi connectivity index (χ4v) is 2.21. The number of ether oxygens (including phenoxy) is 1. The lowest BCUT2D eigenvalue weighted by molar-refractivity contribution is 0.0691. The van der Waals surface area contributed by atoms with Gasteiger partial charge in [0.1, 0.15) is 5.01 Å². The number of hydrogen-bond acceptors (Lipinski definition) is 4. The number of aromatic nitrogens is 1. The maximum atomic E-state index is 10.7. The molecule has 0 fully saturated rings. The summed E-state index contributed by atoms with van der Waals surface area (Å²) in [6.45, 7) is 0.568. The van der Waals surface area contributed by atoms with Gasteiger partial charge < -0.3 is 9.84 Å². The highest BCUT2D eigenvalue weighted by molar-refractivity contribution is 7.13. The fourth-order valence-electron chi connectivity index (χ4n) is 1.41. The Labute approximate surface area is 103 Å². The summed E-state index contributed by atoms with van der Waals surface area (Å²) in [7, 11) is 1.65. The second kappa shape index (κ2) is 5.07. The molecule has 0 bridgehead atoms. The molecule has 0 radical (unpaired) electrons. The highest BCUT2D eigenvalue weighted by Crippen LogP contribution is 2.24. The molecule has 2 aromatic rings. The molecule has 0 saturated carbocycles. The van der Waals surface area contributed by atoms with Crippen LogP contribution in [-0.4, -0.2) is 23.2 Å². The Bertz CT molecular complexity index is 519. The first kappa shape index (κ1) is 11.8. The second-order valence-electron chi connectivity index (χ2n) is 3.47. The highest BCUT2D eigenvalue weighted by Gasteiger charge is 2.09. The summed E-state index contributed by atoms with van der Waals surface area (Å²) in [5, 5.41) is 11.0. The minimum atomic E-state index is -0.997. The molecule has 1 heterocycles.